The molecule has 3 heterocycles. The van der Waals surface area contributed by atoms with Crippen LogP contribution >= 0.6 is 11.3 Å². The topological polar surface area (TPSA) is 80.1 Å². The predicted octanol–water partition coefficient (Wildman–Crippen LogP) is 0.521. The highest BCUT2D eigenvalue weighted by Gasteiger charge is 2.23. The van der Waals surface area contributed by atoms with Crippen LogP contribution in [-0.4, -0.2) is 47.4 Å². The van der Waals surface area contributed by atoms with Crippen LogP contribution in [0, 0.1) is 5.92 Å². The molecule has 9 heteroatoms. The van der Waals surface area contributed by atoms with Gasteiger partial charge in [-0.3, -0.25) is 9.58 Å². The van der Waals surface area contributed by atoms with Crippen LogP contribution in [0.1, 0.15) is 10.7 Å². The second kappa shape index (κ2) is 6.45. The minimum Gasteiger partial charge on any atom is -0.290 e. The zero-order valence-corrected chi connectivity index (χ0v) is 14.0. The van der Waals surface area contributed by atoms with E-state index < -0.39 is 10.0 Å². The first-order valence-electron chi connectivity index (χ1n) is 7.05. The van der Waals surface area contributed by atoms with E-state index in [1.54, 1.807) is 17.5 Å². The molecule has 0 spiro atoms. The van der Waals surface area contributed by atoms with E-state index in [9.17, 15) is 8.42 Å². The Morgan fingerprint density at radius 2 is 2.27 bits per heavy atom. The van der Waals surface area contributed by atoms with Gasteiger partial charge in [0.1, 0.15) is 5.01 Å². The molecule has 0 saturated carbocycles. The molecular weight excluding hydrogens is 322 g/mol. The molecule has 1 N–H and O–H groups in total. The monoisotopic (exact) mass is 341 g/mol. The van der Waals surface area contributed by atoms with Crippen molar-refractivity contribution in [1.82, 2.24) is 24.4 Å². The van der Waals surface area contributed by atoms with E-state index in [2.05, 4.69) is 19.7 Å². The maximum atomic E-state index is 11.3. The Morgan fingerprint density at radius 3 is 3.00 bits per heavy atom. The predicted molar refractivity (Wildman–Crippen MR) is 84.8 cm³/mol. The molecule has 0 aliphatic carbocycles. The second-order valence-electron chi connectivity index (χ2n) is 5.59. The first-order valence-corrected chi connectivity index (χ1v) is 9.83. The lowest BCUT2D eigenvalue weighted by Crippen LogP contribution is -2.36. The van der Waals surface area contributed by atoms with Crippen molar-refractivity contribution in [3.63, 3.8) is 0 Å². The van der Waals surface area contributed by atoms with Crippen molar-refractivity contribution in [3.05, 3.63) is 34.5 Å². The molecule has 1 aliphatic rings. The van der Waals surface area contributed by atoms with E-state index >= 15 is 0 Å². The lowest BCUT2D eigenvalue weighted by atomic mass is 10.1. The zero-order chi connectivity index (χ0) is 15.6. The van der Waals surface area contributed by atoms with Crippen LogP contribution in [0.15, 0.2) is 23.8 Å². The summed E-state index contributed by atoms with van der Waals surface area (Å²) >= 11 is 1.64. The van der Waals surface area contributed by atoms with Gasteiger partial charge in [0, 0.05) is 49.9 Å². The highest BCUT2D eigenvalue weighted by atomic mass is 32.2. The van der Waals surface area contributed by atoms with Gasteiger partial charge in [0.05, 0.1) is 18.5 Å². The van der Waals surface area contributed by atoms with Gasteiger partial charge < -0.3 is 0 Å². The second-order valence-corrected chi connectivity index (χ2v) is 8.40. The van der Waals surface area contributed by atoms with Crippen LogP contribution in [-0.2, 0) is 29.7 Å². The Hall–Kier alpha value is -1.29. The number of hydrogen-bond acceptors (Lipinski definition) is 6. The summed E-state index contributed by atoms with van der Waals surface area (Å²) in [6.45, 7) is 3.53. The number of thiazole rings is 1. The van der Waals surface area contributed by atoms with E-state index in [0.717, 1.165) is 36.9 Å². The molecule has 0 amide bonds. The smallest absolute Gasteiger partial charge is 0.208 e. The minimum atomic E-state index is -3.18. The number of rotatable bonds is 5. The summed E-state index contributed by atoms with van der Waals surface area (Å²) in [4.78, 5) is 6.64. The Morgan fingerprint density at radius 1 is 1.41 bits per heavy atom. The first-order chi connectivity index (χ1) is 10.5. The molecule has 22 heavy (non-hydrogen) atoms. The number of hydrogen-bond donors (Lipinski definition) is 1. The van der Waals surface area contributed by atoms with Crippen molar-refractivity contribution in [2.75, 3.05) is 19.3 Å². The number of aromatic nitrogens is 3. The lowest BCUT2D eigenvalue weighted by Gasteiger charge is -2.22. The lowest BCUT2D eigenvalue weighted by molar-refractivity contribution is 0.221. The van der Waals surface area contributed by atoms with E-state index in [0.29, 0.717) is 6.54 Å². The maximum absolute atomic E-state index is 11.3. The van der Waals surface area contributed by atoms with Crippen LogP contribution in [0.25, 0.3) is 0 Å². The average molecular weight is 341 g/mol. The molecule has 0 fully saturated rings. The maximum Gasteiger partial charge on any atom is 0.208 e. The SMILES string of the molecule is CS(=O)(=O)NCC1CN(Cc2nccs2)Cc2ccnn2C1. The molecular formula is C13H19N5O2S2. The summed E-state index contributed by atoms with van der Waals surface area (Å²) in [5, 5.41) is 7.39. The van der Waals surface area contributed by atoms with Crippen LogP contribution in [0.4, 0.5) is 0 Å². The van der Waals surface area contributed by atoms with Crippen molar-refractivity contribution in [2.24, 2.45) is 5.92 Å². The molecule has 3 rings (SSSR count). The Balaban J connectivity index is 1.74. The zero-order valence-electron chi connectivity index (χ0n) is 12.3. The first kappa shape index (κ1) is 15.6. The third-order valence-corrected chi connectivity index (χ3v) is 5.07. The van der Waals surface area contributed by atoms with Crippen LogP contribution in [0.5, 0.6) is 0 Å². The third kappa shape index (κ3) is 4.13. The van der Waals surface area contributed by atoms with Crippen molar-refractivity contribution >= 4 is 21.4 Å². The molecule has 120 valence electrons. The molecule has 1 atom stereocenters. The van der Waals surface area contributed by atoms with Gasteiger partial charge in [0.2, 0.25) is 10.0 Å². The molecule has 0 bridgehead atoms. The highest BCUT2D eigenvalue weighted by molar-refractivity contribution is 7.88. The van der Waals surface area contributed by atoms with E-state index in [-0.39, 0.29) is 5.92 Å². The third-order valence-electron chi connectivity index (χ3n) is 3.61. The molecule has 2 aromatic rings. The standard InChI is InChI=1S/C13H19N5O2S2/c1-22(19,20)16-6-11-7-17(10-13-14-4-5-21-13)9-12-2-3-15-18(12)8-11/h2-5,11,16H,6-10H2,1H3. The Bertz CT molecular complexity index is 711. The summed E-state index contributed by atoms with van der Waals surface area (Å²) in [7, 11) is -3.18. The average Bonchev–Trinajstić information content (AvgIpc) is 3.05. The van der Waals surface area contributed by atoms with E-state index in [1.807, 2.05) is 22.3 Å². The Labute approximate surface area is 134 Å². The summed E-state index contributed by atoms with van der Waals surface area (Å²) in [5.74, 6) is 0.177. The van der Waals surface area contributed by atoms with Crippen molar-refractivity contribution < 1.29 is 8.42 Å². The largest absolute Gasteiger partial charge is 0.290 e. The number of fused-ring (bicyclic) bond motifs is 1. The molecule has 0 aromatic carbocycles. The van der Waals surface area contributed by atoms with Crippen molar-refractivity contribution in [2.45, 2.75) is 19.6 Å². The van der Waals surface area contributed by atoms with Gasteiger partial charge in [-0.15, -0.1) is 11.3 Å². The van der Waals surface area contributed by atoms with Gasteiger partial charge >= 0.3 is 0 Å². The molecule has 2 aromatic heterocycles. The van der Waals surface area contributed by atoms with Gasteiger partial charge in [-0.25, -0.2) is 18.1 Å². The molecule has 7 nitrogen and oxygen atoms in total. The summed E-state index contributed by atoms with van der Waals surface area (Å²) < 4.78 is 27.3. The fraction of sp³-hybridized carbons (Fsp3) is 0.538. The summed E-state index contributed by atoms with van der Waals surface area (Å²) in [6.07, 6.45) is 4.80. The van der Waals surface area contributed by atoms with Crippen LogP contribution < -0.4 is 4.72 Å². The normalized spacial score (nSPS) is 19.8. The van der Waals surface area contributed by atoms with Gasteiger partial charge in [-0.05, 0) is 6.07 Å². The number of nitrogens with zero attached hydrogens (tertiary/aromatic N) is 4. The van der Waals surface area contributed by atoms with Crippen LogP contribution in [0.3, 0.4) is 0 Å². The summed E-state index contributed by atoms with van der Waals surface area (Å²) in [5.41, 5.74) is 1.15. The number of sulfonamides is 1. The molecule has 1 unspecified atom stereocenters. The minimum absolute atomic E-state index is 0.177. The van der Waals surface area contributed by atoms with Crippen molar-refractivity contribution in [1.29, 1.82) is 0 Å². The number of nitrogens with one attached hydrogen (secondary N) is 1. The van der Waals surface area contributed by atoms with Crippen molar-refractivity contribution in [3.8, 4) is 0 Å². The van der Waals surface area contributed by atoms with Gasteiger partial charge in [0.25, 0.3) is 0 Å². The molecule has 0 radical (unpaired) electrons. The molecule has 0 saturated heterocycles. The van der Waals surface area contributed by atoms with Gasteiger partial charge in [-0.1, -0.05) is 0 Å². The highest BCUT2D eigenvalue weighted by Crippen LogP contribution is 2.18. The molecule has 1 aliphatic heterocycles. The Kier molecular flexibility index (Phi) is 4.57. The fourth-order valence-corrected chi connectivity index (χ4v) is 3.86. The van der Waals surface area contributed by atoms with Gasteiger partial charge in [-0.2, -0.15) is 5.10 Å². The van der Waals surface area contributed by atoms with E-state index in [4.69, 9.17) is 0 Å². The fourth-order valence-electron chi connectivity index (χ4n) is 2.66. The van der Waals surface area contributed by atoms with Crippen LogP contribution in [0.2, 0.25) is 0 Å². The van der Waals surface area contributed by atoms with E-state index in [1.165, 1.54) is 6.26 Å². The van der Waals surface area contributed by atoms with Gasteiger partial charge in [0.15, 0.2) is 0 Å². The summed E-state index contributed by atoms with van der Waals surface area (Å²) in [6, 6.07) is 2.02. The quantitative estimate of drug-likeness (QED) is 0.858.